The molecule has 1 heterocycles. The highest BCUT2D eigenvalue weighted by molar-refractivity contribution is 5.91. The summed E-state index contributed by atoms with van der Waals surface area (Å²) < 4.78 is 0. The lowest BCUT2D eigenvalue weighted by Crippen LogP contribution is -2.42. The summed E-state index contributed by atoms with van der Waals surface area (Å²) in [5.74, 6) is 0. The van der Waals surface area contributed by atoms with E-state index in [1.165, 1.54) is 12.1 Å². The highest BCUT2D eigenvalue weighted by atomic mass is 16.6. The van der Waals surface area contributed by atoms with Crippen molar-refractivity contribution in [2.45, 2.75) is 18.9 Å². The average Bonchev–Trinajstić information content (AvgIpc) is 2.39. The Kier molecular flexibility index (Phi) is 3.96. The summed E-state index contributed by atoms with van der Waals surface area (Å²) in [4.78, 5) is 23.8. The Bertz CT molecular complexity index is 484. The van der Waals surface area contributed by atoms with Gasteiger partial charge in [0, 0.05) is 19.2 Å². The molecule has 0 spiro atoms. The number of aliphatic hydroxyl groups is 1. The minimum absolute atomic E-state index is 0.132. The van der Waals surface area contributed by atoms with Crippen LogP contribution in [0.3, 0.4) is 0 Å². The lowest BCUT2D eigenvalue weighted by molar-refractivity contribution is -0.383. The molecule has 19 heavy (non-hydrogen) atoms. The Balaban J connectivity index is 2.05. The van der Waals surface area contributed by atoms with Gasteiger partial charge < -0.3 is 15.3 Å². The van der Waals surface area contributed by atoms with Crippen molar-refractivity contribution < 1.29 is 14.8 Å². The molecule has 1 fully saturated rings. The lowest BCUT2D eigenvalue weighted by Gasteiger charge is -2.29. The van der Waals surface area contributed by atoms with Crippen molar-refractivity contribution in [1.82, 2.24) is 4.90 Å². The van der Waals surface area contributed by atoms with E-state index in [0.717, 1.165) is 0 Å². The van der Waals surface area contributed by atoms with E-state index < -0.39 is 4.92 Å². The van der Waals surface area contributed by atoms with Crippen LogP contribution < -0.4 is 5.32 Å². The van der Waals surface area contributed by atoms with Crippen molar-refractivity contribution in [3.8, 4) is 0 Å². The van der Waals surface area contributed by atoms with Crippen molar-refractivity contribution in [3.05, 3.63) is 34.4 Å². The maximum absolute atomic E-state index is 12.0. The van der Waals surface area contributed by atoms with Crippen LogP contribution in [0.25, 0.3) is 0 Å². The number of urea groups is 1. The molecule has 0 atom stereocenters. The second kappa shape index (κ2) is 5.66. The van der Waals surface area contributed by atoms with E-state index in [9.17, 15) is 20.0 Å². The predicted molar refractivity (Wildman–Crippen MR) is 68.9 cm³/mol. The predicted octanol–water partition coefficient (Wildman–Crippen LogP) is 1.58. The van der Waals surface area contributed by atoms with Crippen molar-refractivity contribution >= 4 is 17.4 Å². The number of hydrogen-bond donors (Lipinski definition) is 2. The van der Waals surface area contributed by atoms with Crippen LogP contribution >= 0.6 is 0 Å². The molecule has 1 aliphatic rings. The van der Waals surface area contributed by atoms with Gasteiger partial charge in [0.15, 0.2) is 0 Å². The van der Waals surface area contributed by atoms with Crippen LogP contribution in [0, 0.1) is 10.1 Å². The highest BCUT2D eigenvalue weighted by Crippen LogP contribution is 2.23. The van der Waals surface area contributed by atoms with E-state index in [1.54, 1.807) is 17.0 Å². The van der Waals surface area contributed by atoms with E-state index in [2.05, 4.69) is 5.32 Å². The molecule has 0 saturated carbocycles. The van der Waals surface area contributed by atoms with Gasteiger partial charge in [-0.3, -0.25) is 10.1 Å². The van der Waals surface area contributed by atoms with Crippen molar-refractivity contribution in [3.63, 3.8) is 0 Å². The van der Waals surface area contributed by atoms with E-state index >= 15 is 0 Å². The second-order valence-corrected chi connectivity index (χ2v) is 4.42. The molecule has 7 heteroatoms. The fourth-order valence-corrected chi connectivity index (χ4v) is 2.00. The van der Waals surface area contributed by atoms with Gasteiger partial charge in [-0.2, -0.15) is 0 Å². The molecule has 1 aromatic rings. The summed E-state index contributed by atoms with van der Waals surface area (Å²) in [5, 5.41) is 22.7. The molecule has 2 amide bonds. The SMILES string of the molecule is O=C(Nc1ccccc1[N+](=O)[O-])N1CCC(O)CC1. The van der Waals surface area contributed by atoms with Gasteiger partial charge in [0.05, 0.1) is 11.0 Å². The van der Waals surface area contributed by atoms with Gasteiger partial charge in [-0.25, -0.2) is 4.79 Å². The Morgan fingerprint density at radius 2 is 2.00 bits per heavy atom. The largest absolute Gasteiger partial charge is 0.393 e. The quantitative estimate of drug-likeness (QED) is 0.626. The highest BCUT2D eigenvalue weighted by Gasteiger charge is 2.23. The van der Waals surface area contributed by atoms with E-state index in [1.807, 2.05) is 0 Å². The third-order valence-electron chi connectivity index (χ3n) is 3.09. The van der Waals surface area contributed by atoms with Crippen molar-refractivity contribution in [1.29, 1.82) is 0 Å². The number of nitro benzene ring substituents is 1. The number of hydrogen-bond acceptors (Lipinski definition) is 4. The van der Waals surface area contributed by atoms with Gasteiger partial charge in [-0.15, -0.1) is 0 Å². The third-order valence-corrected chi connectivity index (χ3v) is 3.09. The number of para-hydroxylation sites is 2. The summed E-state index contributed by atoms with van der Waals surface area (Å²) in [6.07, 6.45) is 0.698. The maximum atomic E-state index is 12.0. The molecule has 1 aromatic carbocycles. The van der Waals surface area contributed by atoms with Crippen molar-refractivity contribution in [2.24, 2.45) is 0 Å². The zero-order chi connectivity index (χ0) is 13.8. The fraction of sp³-hybridized carbons (Fsp3) is 0.417. The number of aliphatic hydroxyl groups excluding tert-OH is 1. The number of nitrogens with zero attached hydrogens (tertiary/aromatic N) is 2. The normalized spacial score (nSPS) is 16.2. The molecule has 0 radical (unpaired) electrons. The van der Waals surface area contributed by atoms with Gasteiger partial charge in [0.1, 0.15) is 5.69 Å². The summed E-state index contributed by atoms with van der Waals surface area (Å²) in [6, 6.07) is 5.64. The minimum atomic E-state index is -0.532. The van der Waals surface area contributed by atoms with Gasteiger partial charge in [-0.05, 0) is 18.9 Å². The lowest BCUT2D eigenvalue weighted by atomic mass is 10.1. The van der Waals surface area contributed by atoms with Gasteiger partial charge in [0.25, 0.3) is 5.69 Å². The molecule has 1 aliphatic heterocycles. The number of nitrogens with one attached hydrogen (secondary N) is 1. The van der Waals surface area contributed by atoms with Crippen LogP contribution in [0.2, 0.25) is 0 Å². The third kappa shape index (κ3) is 3.19. The van der Waals surface area contributed by atoms with E-state index in [4.69, 9.17) is 0 Å². The summed E-state index contributed by atoms with van der Waals surface area (Å²) in [5.41, 5.74) is 0.0523. The second-order valence-electron chi connectivity index (χ2n) is 4.42. The Labute approximate surface area is 110 Å². The number of rotatable bonds is 2. The zero-order valence-corrected chi connectivity index (χ0v) is 10.3. The van der Waals surface area contributed by atoms with Crippen LogP contribution in [0.15, 0.2) is 24.3 Å². The fourth-order valence-electron chi connectivity index (χ4n) is 2.00. The molecule has 7 nitrogen and oxygen atoms in total. The first-order chi connectivity index (χ1) is 9.08. The zero-order valence-electron chi connectivity index (χ0n) is 10.3. The Morgan fingerprint density at radius 3 is 2.63 bits per heavy atom. The van der Waals surface area contributed by atoms with Gasteiger partial charge in [0.2, 0.25) is 0 Å². The number of carbonyl (C=O) groups excluding carboxylic acids is 1. The molecular weight excluding hydrogens is 250 g/mol. The molecule has 1 saturated heterocycles. The van der Waals surface area contributed by atoms with E-state index in [0.29, 0.717) is 25.9 Å². The first kappa shape index (κ1) is 13.3. The molecular formula is C12H15N3O4. The molecule has 0 unspecified atom stereocenters. The van der Waals surface area contributed by atoms with Crippen LogP contribution in [0.4, 0.5) is 16.2 Å². The molecule has 0 bridgehead atoms. The smallest absolute Gasteiger partial charge is 0.322 e. The number of amides is 2. The topological polar surface area (TPSA) is 95.7 Å². The van der Waals surface area contributed by atoms with Gasteiger partial charge >= 0.3 is 6.03 Å². The number of anilines is 1. The van der Waals surface area contributed by atoms with E-state index in [-0.39, 0.29) is 23.5 Å². The molecule has 2 rings (SSSR count). The van der Waals surface area contributed by atoms with Crippen LogP contribution in [-0.4, -0.2) is 40.2 Å². The van der Waals surface area contributed by atoms with Crippen LogP contribution in [-0.2, 0) is 0 Å². The first-order valence-corrected chi connectivity index (χ1v) is 6.05. The summed E-state index contributed by atoms with van der Waals surface area (Å²) >= 11 is 0. The van der Waals surface area contributed by atoms with Crippen LogP contribution in [0.1, 0.15) is 12.8 Å². The van der Waals surface area contributed by atoms with Crippen LogP contribution in [0.5, 0.6) is 0 Å². The molecule has 2 N–H and O–H groups in total. The Hall–Kier alpha value is -2.15. The summed E-state index contributed by atoms with van der Waals surface area (Å²) in [7, 11) is 0. The number of nitro groups is 1. The molecule has 102 valence electrons. The standard InChI is InChI=1S/C12H15N3O4/c16-9-5-7-14(8-6-9)12(17)13-10-3-1-2-4-11(10)15(18)19/h1-4,9,16H,5-8H2,(H,13,17). The molecule has 0 aromatic heterocycles. The molecule has 0 aliphatic carbocycles. The average molecular weight is 265 g/mol. The monoisotopic (exact) mass is 265 g/mol. The van der Waals surface area contributed by atoms with Gasteiger partial charge in [-0.1, -0.05) is 12.1 Å². The first-order valence-electron chi connectivity index (χ1n) is 6.05. The number of likely N-dealkylation sites (tertiary alicyclic amines) is 1. The summed E-state index contributed by atoms with van der Waals surface area (Å²) in [6.45, 7) is 0.904. The number of benzene rings is 1. The Morgan fingerprint density at radius 1 is 1.37 bits per heavy atom. The van der Waals surface area contributed by atoms with Crippen molar-refractivity contribution in [2.75, 3.05) is 18.4 Å². The number of piperidine rings is 1. The number of carbonyl (C=O) groups is 1. The maximum Gasteiger partial charge on any atom is 0.322 e. The minimum Gasteiger partial charge on any atom is -0.393 e.